The average Bonchev–Trinajstić information content (AvgIpc) is 2.48. The number of nitrogens with one attached hydrogen (secondary N) is 1. The number of anilines is 1. The highest BCUT2D eigenvalue weighted by molar-refractivity contribution is 5.84. The van der Waals surface area contributed by atoms with E-state index in [2.05, 4.69) is 16.4 Å². The van der Waals surface area contributed by atoms with Crippen LogP contribution >= 0.6 is 0 Å². The minimum Gasteiger partial charge on any atom is -0.479 e. The lowest BCUT2D eigenvalue weighted by Crippen LogP contribution is -2.41. The molecule has 0 saturated heterocycles. The van der Waals surface area contributed by atoms with Crippen molar-refractivity contribution in [2.45, 2.75) is 19.4 Å². The van der Waals surface area contributed by atoms with E-state index in [0.29, 0.717) is 11.1 Å². The normalized spacial score (nSPS) is 13.0. The molecule has 0 spiro atoms. The second-order valence-corrected chi connectivity index (χ2v) is 4.88. The first-order valence-electron chi connectivity index (χ1n) is 6.42. The Morgan fingerprint density at radius 2 is 2.00 bits per heavy atom. The van der Waals surface area contributed by atoms with Gasteiger partial charge in [0.1, 0.15) is 11.9 Å². The lowest BCUT2D eigenvalue weighted by Gasteiger charge is -2.28. The van der Waals surface area contributed by atoms with Crippen molar-refractivity contribution in [2.24, 2.45) is 0 Å². The number of carboxylic acid groups (broad SMARTS) is 1. The summed E-state index contributed by atoms with van der Waals surface area (Å²) in [5, 5.41) is 21.7. The summed E-state index contributed by atoms with van der Waals surface area (Å²) in [7, 11) is 0. The van der Waals surface area contributed by atoms with Crippen LogP contribution in [0.5, 0.6) is 0 Å². The van der Waals surface area contributed by atoms with Crippen molar-refractivity contribution >= 4 is 11.8 Å². The van der Waals surface area contributed by atoms with Gasteiger partial charge in [0.15, 0.2) is 5.54 Å². The number of aryl methyl sites for hydroxylation is 1. The van der Waals surface area contributed by atoms with Gasteiger partial charge in [-0.3, -0.25) is 0 Å². The van der Waals surface area contributed by atoms with Crippen LogP contribution in [0.2, 0.25) is 0 Å². The highest BCUT2D eigenvalue weighted by Gasteiger charge is 2.36. The van der Waals surface area contributed by atoms with Gasteiger partial charge in [0.05, 0.1) is 5.56 Å². The van der Waals surface area contributed by atoms with E-state index in [1.807, 2.05) is 6.07 Å². The zero-order chi connectivity index (χ0) is 15.5. The molecular formula is C16H15N3O2. The first kappa shape index (κ1) is 14.5. The van der Waals surface area contributed by atoms with Crippen LogP contribution in [0, 0.1) is 18.3 Å². The molecule has 0 radical (unpaired) electrons. The molecule has 5 nitrogen and oxygen atoms in total. The van der Waals surface area contributed by atoms with Crippen molar-refractivity contribution in [3.05, 3.63) is 59.3 Å². The Balaban J connectivity index is 2.51. The van der Waals surface area contributed by atoms with Crippen LogP contribution in [0.15, 0.2) is 42.6 Å². The Morgan fingerprint density at radius 3 is 2.57 bits per heavy atom. The van der Waals surface area contributed by atoms with E-state index in [1.165, 1.54) is 0 Å². The largest absolute Gasteiger partial charge is 0.479 e. The quantitative estimate of drug-likeness (QED) is 0.899. The number of nitriles is 1. The van der Waals surface area contributed by atoms with Crippen molar-refractivity contribution in [3.8, 4) is 6.07 Å². The molecule has 2 aromatic rings. The maximum atomic E-state index is 11.7. The van der Waals surface area contributed by atoms with E-state index in [1.54, 1.807) is 50.4 Å². The molecule has 0 aliphatic heterocycles. The molecule has 1 atom stereocenters. The summed E-state index contributed by atoms with van der Waals surface area (Å²) < 4.78 is 0. The van der Waals surface area contributed by atoms with Crippen LogP contribution in [0.3, 0.4) is 0 Å². The number of carboxylic acids is 1. The van der Waals surface area contributed by atoms with Crippen LogP contribution in [-0.4, -0.2) is 16.1 Å². The molecule has 5 heteroatoms. The van der Waals surface area contributed by atoms with E-state index in [9.17, 15) is 15.2 Å². The van der Waals surface area contributed by atoms with Crippen molar-refractivity contribution in [3.63, 3.8) is 0 Å². The van der Waals surface area contributed by atoms with Crippen LogP contribution < -0.4 is 5.32 Å². The monoisotopic (exact) mass is 281 g/mol. The fourth-order valence-corrected chi connectivity index (χ4v) is 2.05. The van der Waals surface area contributed by atoms with Crippen LogP contribution in [0.1, 0.15) is 23.6 Å². The Kier molecular flexibility index (Phi) is 3.90. The van der Waals surface area contributed by atoms with Gasteiger partial charge < -0.3 is 10.4 Å². The third-order valence-corrected chi connectivity index (χ3v) is 3.42. The highest BCUT2D eigenvalue weighted by Crippen LogP contribution is 2.28. The first-order chi connectivity index (χ1) is 9.99. The molecule has 0 aliphatic carbocycles. The second kappa shape index (κ2) is 5.63. The molecule has 2 N–H and O–H groups in total. The summed E-state index contributed by atoms with van der Waals surface area (Å²) in [4.78, 5) is 15.8. The average molecular weight is 281 g/mol. The predicted octanol–water partition coefficient (Wildman–Crippen LogP) is 2.67. The fourth-order valence-electron chi connectivity index (χ4n) is 2.05. The summed E-state index contributed by atoms with van der Waals surface area (Å²) >= 11 is 0. The summed E-state index contributed by atoms with van der Waals surface area (Å²) in [6.45, 7) is 3.34. The van der Waals surface area contributed by atoms with Gasteiger partial charge in [0.25, 0.3) is 0 Å². The number of pyridine rings is 1. The summed E-state index contributed by atoms with van der Waals surface area (Å²) in [5.74, 6) is -0.771. The van der Waals surface area contributed by atoms with E-state index >= 15 is 0 Å². The van der Waals surface area contributed by atoms with Crippen molar-refractivity contribution in [1.29, 1.82) is 5.26 Å². The smallest absolute Gasteiger partial charge is 0.333 e. The topological polar surface area (TPSA) is 86.0 Å². The highest BCUT2D eigenvalue weighted by atomic mass is 16.4. The van der Waals surface area contributed by atoms with Crippen molar-refractivity contribution in [1.82, 2.24) is 4.98 Å². The number of carbonyl (C=O) groups is 1. The van der Waals surface area contributed by atoms with Crippen LogP contribution in [0.25, 0.3) is 0 Å². The lowest BCUT2D eigenvalue weighted by atomic mass is 9.91. The fraction of sp³-hybridized carbons (Fsp3) is 0.188. The third-order valence-electron chi connectivity index (χ3n) is 3.42. The van der Waals surface area contributed by atoms with E-state index in [0.717, 1.165) is 5.56 Å². The standard InChI is InChI=1S/C16H15N3O2/c1-11-8-9-18-14(13(11)10-17)19-16(2,15(20)21)12-6-4-3-5-7-12/h3-9H,1-2H3,(H,18,19)(H,20,21). The molecule has 1 unspecified atom stereocenters. The lowest BCUT2D eigenvalue weighted by molar-refractivity contribution is -0.142. The predicted molar refractivity (Wildman–Crippen MR) is 78.7 cm³/mol. The second-order valence-electron chi connectivity index (χ2n) is 4.88. The number of benzene rings is 1. The SMILES string of the molecule is Cc1ccnc(NC(C)(C(=O)O)c2ccccc2)c1C#N. The van der Waals surface area contributed by atoms with Gasteiger partial charge in [-0.1, -0.05) is 30.3 Å². The third kappa shape index (κ3) is 2.70. The van der Waals surface area contributed by atoms with Crippen molar-refractivity contribution < 1.29 is 9.90 Å². The Bertz CT molecular complexity index is 707. The zero-order valence-corrected chi connectivity index (χ0v) is 11.8. The van der Waals surface area contributed by atoms with Gasteiger partial charge in [0.2, 0.25) is 0 Å². The molecule has 0 bridgehead atoms. The molecule has 0 saturated carbocycles. The van der Waals surface area contributed by atoms with E-state index in [4.69, 9.17) is 0 Å². The molecule has 0 aliphatic rings. The number of hydrogen-bond donors (Lipinski definition) is 2. The van der Waals surface area contributed by atoms with Crippen LogP contribution in [-0.2, 0) is 10.3 Å². The number of nitrogens with zero attached hydrogens (tertiary/aromatic N) is 2. The van der Waals surface area contributed by atoms with Gasteiger partial charge in [0, 0.05) is 6.20 Å². The van der Waals surface area contributed by atoms with Crippen LogP contribution in [0.4, 0.5) is 5.82 Å². The molecular weight excluding hydrogens is 266 g/mol. The molecule has 0 amide bonds. The maximum Gasteiger partial charge on any atom is 0.333 e. The Labute approximate surface area is 122 Å². The number of rotatable bonds is 4. The number of aliphatic carboxylic acids is 1. The molecule has 21 heavy (non-hydrogen) atoms. The molecule has 1 heterocycles. The minimum atomic E-state index is -1.37. The molecule has 0 fully saturated rings. The zero-order valence-electron chi connectivity index (χ0n) is 11.8. The summed E-state index contributed by atoms with van der Waals surface area (Å²) in [5.41, 5.74) is 0.314. The minimum absolute atomic E-state index is 0.270. The van der Waals surface area contributed by atoms with Gasteiger partial charge in [-0.2, -0.15) is 5.26 Å². The Hall–Kier alpha value is -2.87. The first-order valence-corrected chi connectivity index (χ1v) is 6.42. The maximum absolute atomic E-state index is 11.7. The number of aromatic nitrogens is 1. The van der Waals surface area contributed by atoms with Gasteiger partial charge >= 0.3 is 5.97 Å². The molecule has 2 rings (SSSR count). The van der Waals surface area contributed by atoms with Gasteiger partial charge in [-0.05, 0) is 31.0 Å². The summed E-state index contributed by atoms with van der Waals surface area (Å²) in [6.07, 6.45) is 1.55. The molecule has 1 aromatic carbocycles. The van der Waals surface area contributed by atoms with Crippen molar-refractivity contribution in [2.75, 3.05) is 5.32 Å². The van der Waals surface area contributed by atoms with Gasteiger partial charge in [-0.15, -0.1) is 0 Å². The van der Waals surface area contributed by atoms with E-state index in [-0.39, 0.29) is 5.82 Å². The summed E-state index contributed by atoms with van der Waals surface area (Å²) in [6, 6.07) is 12.6. The Morgan fingerprint density at radius 1 is 1.33 bits per heavy atom. The van der Waals surface area contributed by atoms with E-state index < -0.39 is 11.5 Å². The molecule has 106 valence electrons. The number of hydrogen-bond acceptors (Lipinski definition) is 4. The van der Waals surface area contributed by atoms with Gasteiger partial charge in [-0.25, -0.2) is 9.78 Å². The molecule has 1 aromatic heterocycles.